The molecule has 0 unspecified atom stereocenters. The minimum Gasteiger partial charge on any atom is -0.396 e. The highest BCUT2D eigenvalue weighted by Gasteiger charge is 2.34. The van der Waals surface area contributed by atoms with E-state index in [4.69, 9.17) is 0 Å². The van der Waals surface area contributed by atoms with Crippen LogP contribution in [0.4, 0.5) is 0 Å². The van der Waals surface area contributed by atoms with E-state index in [9.17, 15) is 5.11 Å². The van der Waals surface area contributed by atoms with Crippen LogP contribution in [0.1, 0.15) is 19.3 Å². The van der Waals surface area contributed by atoms with E-state index in [-0.39, 0.29) is 12.1 Å². The van der Waals surface area contributed by atoms with E-state index in [1.54, 1.807) is 0 Å². The molecule has 0 bridgehead atoms. The van der Waals surface area contributed by atoms with Gasteiger partial charge in [-0.1, -0.05) is 0 Å². The summed E-state index contributed by atoms with van der Waals surface area (Å²) < 4.78 is 3.05. The molecule has 0 radical (unpaired) electrons. The van der Waals surface area contributed by atoms with Crippen molar-refractivity contribution < 1.29 is 5.11 Å². The predicted molar refractivity (Wildman–Crippen MR) is 66.2 cm³/mol. The maximum absolute atomic E-state index is 9.19. The lowest BCUT2D eigenvalue weighted by atomic mass is 9.89. The molecule has 3 nitrogen and oxygen atoms in total. The zero-order valence-corrected chi connectivity index (χ0v) is 10.9. The summed E-state index contributed by atoms with van der Waals surface area (Å²) in [5.41, 5.74) is 0.0476. The van der Waals surface area contributed by atoms with Crippen LogP contribution >= 0.6 is 27.7 Å². The van der Waals surface area contributed by atoms with Crippen LogP contribution in [-0.2, 0) is 5.54 Å². The second-order valence-electron chi connectivity index (χ2n) is 3.91. The highest BCUT2D eigenvalue weighted by atomic mass is 79.9. The molecule has 0 aliphatic carbocycles. The van der Waals surface area contributed by atoms with Crippen LogP contribution in [0.15, 0.2) is 16.9 Å². The zero-order chi connectivity index (χ0) is 10.7. The third kappa shape index (κ3) is 2.40. The standard InChI is InChI=1S/C10H15BrN2OS/c11-9-7-12-13(8-9)10(1-4-14)2-5-15-6-3-10/h7-8,14H,1-6H2. The number of rotatable bonds is 3. The van der Waals surface area contributed by atoms with E-state index in [1.165, 1.54) is 0 Å². The molecule has 0 amide bonds. The Morgan fingerprint density at radius 1 is 1.53 bits per heavy atom. The average molecular weight is 291 g/mol. The summed E-state index contributed by atoms with van der Waals surface area (Å²) >= 11 is 5.41. The van der Waals surface area contributed by atoms with Crippen molar-refractivity contribution in [2.24, 2.45) is 0 Å². The molecule has 1 aromatic rings. The number of aliphatic hydroxyl groups is 1. The molecule has 5 heteroatoms. The monoisotopic (exact) mass is 290 g/mol. The van der Waals surface area contributed by atoms with Crippen LogP contribution in [0.25, 0.3) is 0 Å². The number of thioether (sulfide) groups is 1. The number of aliphatic hydroxyl groups excluding tert-OH is 1. The molecular formula is C10H15BrN2OS. The lowest BCUT2D eigenvalue weighted by Crippen LogP contribution is -2.38. The molecular weight excluding hydrogens is 276 g/mol. The smallest absolute Gasteiger partial charge is 0.0665 e. The van der Waals surface area contributed by atoms with E-state index in [1.807, 2.05) is 28.8 Å². The average Bonchev–Trinajstić information content (AvgIpc) is 2.67. The number of halogens is 1. The Morgan fingerprint density at radius 2 is 2.27 bits per heavy atom. The Balaban J connectivity index is 2.24. The second-order valence-corrected chi connectivity index (χ2v) is 6.05. The van der Waals surface area contributed by atoms with Gasteiger partial charge in [-0.3, -0.25) is 4.68 Å². The normalized spacial score (nSPS) is 20.4. The molecule has 0 spiro atoms. The van der Waals surface area contributed by atoms with E-state index in [0.717, 1.165) is 35.2 Å². The highest BCUT2D eigenvalue weighted by Crippen LogP contribution is 2.36. The van der Waals surface area contributed by atoms with Gasteiger partial charge in [0.2, 0.25) is 0 Å². The Labute approximate surface area is 102 Å². The molecule has 1 fully saturated rings. The van der Waals surface area contributed by atoms with E-state index in [2.05, 4.69) is 21.0 Å². The van der Waals surface area contributed by atoms with Crippen LogP contribution in [-0.4, -0.2) is 33.0 Å². The first-order valence-electron chi connectivity index (χ1n) is 5.16. The fourth-order valence-electron chi connectivity index (χ4n) is 2.11. The van der Waals surface area contributed by atoms with Crippen molar-refractivity contribution in [1.29, 1.82) is 0 Å². The minimum atomic E-state index is 0.0476. The van der Waals surface area contributed by atoms with Gasteiger partial charge in [0.15, 0.2) is 0 Å². The van der Waals surface area contributed by atoms with Crippen LogP contribution in [0.3, 0.4) is 0 Å². The van der Waals surface area contributed by atoms with Crippen molar-refractivity contribution in [3.8, 4) is 0 Å². The summed E-state index contributed by atoms with van der Waals surface area (Å²) in [4.78, 5) is 0. The zero-order valence-electron chi connectivity index (χ0n) is 8.53. The molecule has 1 aliphatic heterocycles. The quantitative estimate of drug-likeness (QED) is 0.928. The summed E-state index contributed by atoms with van der Waals surface area (Å²) in [7, 11) is 0. The molecule has 1 aliphatic rings. The molecule has 84 valence electrons. The molecule has 2 rings (SSSR count). The molecule has 1 aromatic heterocycles. The molecule has 1 saturated heterocycles. The van der Waals surface area contributed by atoms with Crippen molar-refractivity contribution in [3.05, 3.63) is 16.9 Å². The van der Waals surface area contributed by atoms with Crippen molar-refractivity contribution in [2.45, 2.75) is 24.8 Å². The van der Waals surface area contributed by atoms with Crippen LogP contribution in [0.5, 0.6) is 0 Å². The van der Waals surface area contributed by atoms with Crippen molar-refractivity contribution in [2.75, 3.05) is 18.1 Å². The molecule has 15 heavy (non-hydrogen) atoms. The third-order valence-electron chi connectivity index (χ3n) is 3.04. The number of aromatic nitrogens is 2. The van der Waals surface area contributed by atoms with Gasteiger partial charge in [-0.2, -0.15) is 16.9 Å². The molecule has 0 saturated carbocycles. The lowest BCUT2D eigenvalue weighted by Gasteiger charge is -2.37. The summed E-state index contributed by atoms with van der Waals surface area (Å²) in [5.74, 6) is 2.33. The van der Waals surface area contributed by atoms with Crippen molar-refractivity contribution in [3.63, 3.8) is 0 Å². The number of hydrogen-bond acceptors (Lipinski definition) is 3. The first kappa shape index (κ1) is 11.5. The summed E-state index contributed by atoms with van der Waals surface area (Å²) in [6.07, 6.45) is 6.85. The molecule has 0 aromatic carbocycles. The Hall–Kier alpha value is -0.0000000000000000555. The van der Waals surface area contributed by atoms with E-state index < -0.39 is 0 Å². The molecule has 0 atom stereocenters. The lowest BCUT2D eigenvalue weighted by molar-refractivity contribution is 0.157. The van der Waals surface area contributed by atoms with Gasteiger partial charge in [0.05, 0.1) is 16.2 Å². The van der Waals surface area contributed by atoms with Gasteiger partial charge in [-0.25, -0.2) is 0 Å². The van der Waals surface area contributed by atoms with Gasteiger partial charge in [-0.15, -0.1) is 0 Å². The van der Waals surface area contributed by atoms with E-state index in [0.29, 0.717) is 0 Å². The van der Waals surface area contributed by atoms with Gasteiger partial charge in [0.1, 0.15) is 0 Å². The van der Waals surface area contributed by atoms with Gasteiger partial charge in [0.25, 0.3) is 0 Å². The molecule has 2 heterocycles. The Kier molecular flexibility index (Phi) is 3.74. The highest BCUT2D eigenvalue weighted by molar-refractivity contribution is 9.10. The van der Waals surface area contributed by atoms with Crippen LogP contribution in [0.2, 0.25) is 0 Å². The summed E-state index contributed by atoms with van der Waals surface area (Å²) in [5, 5.41) is 13.6. The van der Waals surface area contributed by atoms with Crippen molar-refractivity contribution in [1.82, 2.24) is 9.78 Å². The predicted octanol–water partition coefficient (Wildman–Crippen LogP) is 2.25. The Bertz CT molecular complexity index is 317. The first-order valence-corrected chi connectivity index (χ1v) is 7.11. The SMILES string of the molecule is OCCC1(n2cc(Br)cn2)CCSCC1. The minimum absolute atomic E-state index is 0.0476. The maximum Gasteiger partial charge on any atom is 0.0665 e. The van der Waals surface area contributed by atoms with Gasteiger partial charge in [-0.05, 0) is 46.7 Å². The fraction of sp³-hybridized carbons (Fsp3) is 0.700. The van der Waals surface area contributed by atoms with Crippen LogP contribution in [0, 0.1) is 0 Å². The molecule has 1 N–H and O–H groups in total. The fourth-order valence-corrected chi connectivity index (χ4v) is 3.65. The third-order valence-corrected chi connectivity index (χ3v) is 4.43. The van der Waals surface area contributed by atoms with Gasteiger partial charge >= 0.3 is 0 Å². The second kappa shape index (κ2) is 4.89. The van der Waals surface area contributed by atoms with Gasteiger partial charge in [0, 0.05) is 12.8 Å². The Morgan fingerprint density at radius 3 is 2.80 bits per heavy atom. The van der Waals surface area contributed by atoms with Gasteiger partial charge < -0.3 is 5.11 Å². The summed E-state index contributed by atoms with van der Waals surface area (Å²) in [6.45, 7) is 0.238. The summed E-state index contributed by atoms with van der Waals surface area (Å²) in [6, 6.07) is 0. The van der Waals surface area contributed by atoms with Crippen LogP contribution < -0.4 is 0 Å². The van der Waals surface area contributed by atoms with Crippen molar-refractivity contribution >= 4 is 27.7 Å². The topological polar surface area (TPSA) is 38.0 Å². The maximum atomic E-state index is 9.19. The number of hydrogen-bond donors (Lipinski definition) is 1. The van der Waals surface area contributed by atoms with E-state index >= 15 is 0 Å². The largest absolute Gasteiger partial charge is 0.396 e. The number of nitrogens with zero attached hydrogens (tertiary/aromatic N) is 2. The first-order chi connectivity index (χ1) is 7.27.